The molecule has 3 aromatic rings. The Hall–Kier alpha value is -3.02. The van der Waals surface area contributed by atoms with Crippen LogP contribution in [0.2, 0.25) is 0 Å². The highest BCUT2D eigenvalue weighted by atomic mass is 16.5. The fraction of sp³-hybridized carbons (Fsp3) is 0.176. The Balaban J connectivity index is 2.24. The molecule has 0 saturated carbocycles. The SMILES string of the molecule is COc1cccc(OC)c1-c1nc(C)c(-c2cccnc2)n1O. The van der Waals surface area contributed by atoms with Crippen molar-refractivity contribution in [2.45, 2.75) is 6.92 Å². The van der Waals surface area contributed by atoms with Crippen molar-refractivity contribution >= 4 is 0 Å². The van der Waals surface area contributed by atoms with Gasteiger partial charge in [0.2, 0.25) is 0 Å². The van der Waals surface area contributed by atoms with E-state index in [1.807, 2.05) is 25.1 Å². The number of aromatic nitrogens is 3. The van der Waals surface area contributed by atoms with E-state index in [0.29, 0.717) is 34.3 Å². The van der Waals surface area contributed by atoms with Gasteiger partial charge >= 0.3 is 0 Å². The third kappa shape index (κ3) is 2.48. The first-order valence-corrected chi connectivity index (χ1v) is 7.07. The predicted molar refractivity (Wildman–Crippen MR) is 85.9 cm³/mol. The van der Waals surface area contributed by atoms with Crippen molar-refractivity contribution in [3.05, 3.63) is 48.4 Å². The van der Waals surface area contributed by atoms with Gasteiger partial charge in [-0.15, -0.1) is 0 Å². The van der Waals surface area contributed by atoms with E-state index in [2.05, 4.69) is 9.97 Å². The highest BCUT2D eigenvalue weighted by Gasteiger charge is 2.22. The Bertz CT molecular complexity index is 806. The van der Waals surface area contributed by atoms with Gasteiger partial charge in [0.1, 0.15) is 22.8 Å². The monoisotopic (exact) mass is 311 g/mol. The molecule has 0 aliphatic rings. The van der Waals surface area contributed by atoms with Crippen LogP contribution in [0.3, 0.4) is 0 Å². The van der Waals surface area contributed by atoms with E-state index in [0.717, 1.165) is 10.3 Å². The molecule has 6 heteroatoms. The molecule has 0 aliphatic carbocycles. The maximum absolute atomic E-state index is 10.7. The van der Waals surface area contributed by atoms with Gasteiger partial charge in [0, 0.05) is 18.0 Å². The maximum atomic E-state index is 10.7. The number of ether oxygens (including phenoxy) is 2. The lowest BCUT2D eigenvalue weighted by molar-refractivity contribution is 0.194. The lowest BCUT2D eigenvalue weighted by Crippen LogP contribution is -2.01. The number of rotatable bonds is 4. The molecule has 0 aliphatic heterocycles. The highest BCUT2D eigenvalue weighted by molar-refractivity contribution is 5.75. The van der Waals surface area contributed by atoms with Gasteiger partial charge in [-0.05, 0) is 31.2 Å². The van der Waals surface area contributed by atoms with Crippen LogP contribution in [0, 0.1) is 6.92 Å². The minimum Gasteiger partial charge on any atom is -0.496 e. The fourth-order valence-electron chi connectivity index (χ4n) is 2.59. The quantitative estimate of drug-likeness (QED) is 0.749. The largest absolute Gasteiger partial charge is 0.496 e. The number of pyridine rings is 1. The number of nitrogens with zero attached hydrogens (tertiary/aromatic N) is 3. The first kappa shape index (κ1) is 14.9. The van der Waals surface area contributed by atoms with Crippen LogP contribution < -0.4 is 9.47 Å². The van der Waals surface area contributed by atoms with Crippen molar-refractivity contribution in [2.75, 3.05) is 14.2 Å². The van der Waals surface area contributed by atoms with Gasteiger partial charge < -0.3 is 14.7 Å². The molecule has 0 spiro atoms. The summed E-state index contributed by atoms with van der Waals surface area (Å²) in [5.74, 6) is 1.50. The van der Waals surface area contributed by atoms with Crippen LogP contribution in [-0.4, -0.2) is 34.1 Å². The molecule has 118 valence electrons. The second kappa shape index (κ2) is 6.00. The van der Waals surface area contributed by atoms with E-state index in [9.17, 15) is 5.21 Å². The summed E-state index contributed by atoms with van der Waals surface area (Å²) in [5.41, 5.74) is 2.64. The lowest BCUT2D eigenvalue weighted by atomic mass is 10.1. The molecular weight excluding hydrogens is 294 g/mol. The number of hydrogen-bond acceptors (Lipinski definition) is 5. The minimum absolute atomic E-state index is 0.357. The second-order valence-electron chi connectivity index (χ2n) is 4.96. The van der Waals surface area contributed by atoms with Gasteiger partial charge in [0.05, 0.1) is 19.9 Å². The first-order valence-electron chi connectivity index (χ1n) is 7.07. The summed E-state index contributed by atoms with van der Waals surface area (Å²) >= 11 is 0. The van der Waals surface area contributed by atoms with Crippen LogP contribution >= 0.6 is 0 Å². The van der Waals surface area contributed by atoms with E-state index < -0.39 is 0 Å². The third-order valence-corrected chi connectivity index (χ3v) is 3.62. The van der Waals surface area contributed by atoms with Crippen LogP contribution in [0.5, 0.6) is 11.5 Å². The van der Waals surface area contributed by atoms with E-state index in [1.54, 1.807) is 38.7 Å². The molecule has 6 nitrogen and oxygen atoms in total. The molecule has 2 aromatic heterocycles. The van der Waals surface area contributed by atoms with Crippen molar-refractivity contribution in [3.8, 4) is 34.1 Å². The van der Waals surface area contributed by atoms with Crippen LogP contribution in [0.4, 0.5) is 0 Å². The average molecular weight is 311 g/mol. The van der Waals surface area contributed by atoms with Gasteiger partial charge in [-0.1, -0.05) is 6.07 Å². The van der Waals surface area contributed by atoms with Crippen LogP contribution in [0.15, 0.2) is 42.7 Å². The second-order valence-corrected chi connectivity index (χ2v) is 4.96. The molecule has 3 rings (SSSR count). The molecule has 2 heterocycles. The van der Waals surface area contributed by atoms with Crippen molar-refractivity contribution in [2.24, 2.45) is 0 Å². The zero-order valence-corrected chi connectivity index (χ0v) is 13.1. The Morgan fingerprint density at radius 3 is 2.30 bits per heavy atom. The number of aryl methyl sites for hydroxylation is 1. The normalized spacial score (nSPS) is 10.6. The Labute approximate surface area is 133 Å². The highest BCUT2D eigenvalue weighted by Crippen LogP contribution is 2.39. The number of imidazole rings is 1. The molecule has 1 aromatic carbocycles. The zero-order valence-electron chi connectivity index (χ0n) is 13.1. The molecule has 0 amide bonds. The average Bonchev–Trinajstić information content (AvgIpc) is 2.89. The standard InChI is InChI=1S/C17H17N3O3/c1-11-16(12-6-5-9-18-10-12)20(21)17(19-11)15-13(22-2)7-4-8-14(15)23-3/h4-10,21H,1-3H3. The van der Waals surface area contributed by atoms with Gasteiger partial charge in [-0.25, -0.2) is 4.98 Å². The summed E-state index contributed by atoms with van der Waals surface area (Å²) in [6.07, 6.45) is 3.36. The molecule has 0 unspecified atom stereocenters. The van der Waals surface area contributed by atoms with Crippen molar-refractivity contribution in [1.29, 1.82) is 0 Å². The maximum Gasteiger partial charge on any atom is 0.183 e. The number of hydrogen-bond donors (Lipinski definition) is 1. The summed E-state index contributed by atoms with van der Waals surface area (Å²) in [7, 11) is 3.13. The summed E-state index contributed by atoms with van der Waals surface area (Å²) in [5, 5.41) is 10.7. The van der Waals surface area contributed by atoms with Crippen molar-refractivity contribution in [3.63, 3.8) is 0 Å². The van der Waals surface area contributed by atoms with Crippen molar-refractivity contribution in [1.82, 2.24) is 14.7 Å². The van der Waals surface area contributed by atoms with Crippen LogP contribution in [0.25, 0.3) is 22.6 Å². The molecule has 1 N–H and O–H groups in total. The van der Waals surface area contributed by atoms with Gasteiger partial charge in [-0.3, -0.25) is 4.98 Å². The summed E-state index contributed by atoms with van der Waals surface area (Å²) < 4.78 is 11.8. The molecule has 0 atom stereocenters. The molecule has 0 fully saturated rings. The van der Waals surface area contributed by atoms with Crippen LogP contribution in [0.1, 0.15) is 5.69 Å². The predicted octanol–water partition coefficient (Wildman–Crippen LogP) is 3.18. The van der Waals surface area contributed by atoms with E-state index in [-0.39, 0.29) is 0 Å². The summed E-state index contributed by atoms with van der Waals surface area (Å²) in [6, 6.07) is 9.09. The van der Waals surface area contributed by atoms with Crippen LogP contribution in [-0.2, 0) is 0 Å². The first-order chi connectivity index (χ1) is 11.2. The topological polar surface area (TPSA) is 69.4 Å². The molecule has 0 saturated heterocycles. The Kier molecular flexibility index (Phi) is 3.89. The Morgan fingerprint density at radius 2 is 1.74 bits per heavy atom. The minimum atomic E-state index is 0.357. The smallest absolute Gasteiger partial charge is 0.183 e. The molecule has 0 radical (unpaired) electrons. The molecule has 23 heavy (non-hydrogen) atoms. The summed E-state index contributed by atoms with van der Waals surface area (Å²) in [4.78, 5) is 8.59. The Morgan fingerprint density at radius 1 is 1.04 bits per heavy atom. The summed E-state index contributed by atoms with van der Waals surface area (Å²) in [6.45, 7) is 1.83. The van der Waals surface area contributed by atoms with E-state index in [1.165, 1.54) is 0 Å². The van der Waals surface area contributed by atoms with Gasteiger partial charge in [0.15, 0.2) is 5.82 Å². The lowest BCUT2D eigenvalue weighted by Gasteiger charge is -2.12. The van der Waals surface area contributed by atoms with E-state index in [4.69, 9.17) is 9.47 Å². The third-order valence-electron chi connectivity index (χ3n) is 3.62. The zero-order chi connectivity index (χ0) is 16.4. The molecular formula is C17H17N3O3. The van der Waals surface area contributed by atoms with Crippen molar-refractivity contribution < 1.29 is 14.7 Å². The fourth-order valence-corrected chi connectivity index (χ4v) is 2.59. The molecule has 0 bridgehead atoms. The van der Waals surface area contributed by atoms with Gasteiger partial charge in [0.25, 0.3) is 0 Å². The van der Waals surface area contributed by atoms with E-state index >= 15 is 0 Å². The number of benzene rings is 1. The van der Waals surface area contributed by atoms with Gasteiger partial charge in [-0.2, -0.15) is 4.73 Å². The number of methoxy groups -OCH3 is 2.